The van der Waals surface area contributed by atoms with Crippen molar-refractivity contribution in [3.8, 4) is 0 Å². The highest BCUT2D eigenvalue weighted by atomic mass is 35.5. The zero-order valence-electron chi connectivity index (χ0n) is 25.3. The highest BCUT2D eigenvalue weighted by molar-refractivity contribution is 7.10. The maximum Gasteiger partial charge on any atom is 0.371 e. The van der Waals surface area contributed by atoms with Gasteiger partial charge in [0.2, 0.25) is 0 Å². The van der Waals surface area contributed by atoms with Gasteiger partial charge < -0.3 is 9.47 Å². The van der Waals surface area contributed by atoms with E-state index in [9.17, 15) is 9.59 Å². The van der Waals surface area contributed by atoms with E-state index in [2.05, 4.69) is 18.4 Å². The van der Waals surface area contributed by atoms with E-state index >= 15 is 0 Å². The molecule has 1 aromatic heterocycles. The molecule has 0 aliphatic carbocycles. The van der Waals surface area contributed by atoms with E-state index in [-0.39, 0.29) is 6.42 Å². The average molecular weight is 604 g/mol. The second-order valence-corrected chi connectivity index (χ2v) is 12.7. The third-order valence-electron chi connectivity index (χ3n) is 8.20. The summed E-state index contributed by atoms with van der Waals surface area (Å²) >= 11 is 8.33. The SMILES string of the molecule is CCCCCCCCCCCCCCCCCC(=O)O[C@](C(=O)OC)(c1ccccc1Cl)N1CCc2sccc2C1. The Balaban J connectivity index is 1.45. The molecule has 0 saturated heterocycles. The smallest absolute Gasteiger partial charge is 0.371 e. The van der Waals surface area contributed by atoms with Crippen molar-refractivity contribution in [2.24, 2.45) is 0 Å². The van der Waals surface area contributed by atoms with E-state index in [1.165, 1.54) is 89.0 Å². The maximum atomic E-state index is 13.5. The molecule has 1 aliphatic rings. The standard InChI is InChI=1S/C34H50ClNO4S/c1-3-4-5-6-7-8-9-10-11-12-13-14-15-16-17-22-32(37)40-34(33(38)39-2,29-20-18-19-21-30(29)35)36-25-23-31-28(27-36)24-26-41-31/h18-21,24,26H,3-17,22-23,25,27H2,1-2H3/t34-/m0/s1. The van der Waals surface area contributed by atoms with Crippen LogP contribution >= 0.6 is 22.9 Å². The van der Waals surface area contributed by atoms with Crippen LogP contribution < -0.4 is 0 Å². The summed E-state index contributed by atoms with van der Waals surface area (Å²) in [6, 6.07) is 9.15. The van der Waals surface area contributed by atoms with Crippen LogP contribution in [0.1, 0.15) is 126 Å². The number of halogens is 1. The zero-order chi connectivity index (χ0) is 29.3. The molecule has 0 unspecified atom stereocenters. The minimum atomic E-state index is -1.72. The lowest BCUT2D eigenvalue weighted by Crippen LogP contribution is -2.56. The molecule has 5 nitrogen and oxygen atoms in total. The van der Waals surface area contributed by atoms with Crippen molar-refractivity contribution in [1.82, 2.24) is 4.90 Å². The summed E-state index contributed by atoms with van der Waals surface area (Å²) in [4.78, 5) is 29.9. The number of benzene rings is 1. The molecule has 0 saturated carbocycles. The van der Waals surface area contributed by atoms with E-state index in [0.29, 0.717) is 23.7 Å². The lowest BCUT2D eigenvalue weighted by atomic mass is 9.96. The number of fused-ring (bicyclic) bond motifs is 1. The van der Waals surface area contributed by atoms with Crippen LogP contribution in [0, 0.1) is 0 Å². The van der Waals surface area contributed by atoms with Gasteiger partial charge in [0.15, 0.2) is 0 Å². The molecule has 41 heavy (non-hydrogen) atoms. The summed E-state index contributed by atoms with van der Waals surface area (Å²) in [7, 11) is 1.33. The van der Waals surface area contributed by atoms with Crippen LogP contribution in [0.2, 0.25) is 5.02 Å². The Bertz CT molecular complexity index is 1060. The minimum Gasteiger partial charge on any atom is -0.465 e. The molecule has 2 aromatic rings. The largest absolute Gasteiger partial charge is 0.465 e. The molecule has 1 aliphatic heterocycles. The first-order chi connectivity index (χ1) is 20.0. The molecule has 0 fully saturated rings. The zero-order valence-corrected chi connectivity index (χ0v) is 26.8. The highest BCUT2D eigenvalue weighted by Crippen LogP contribution is 2.40. The number of thiophene rings is 1. The monoisotopic (exact) mass is 603 g/mol. The quantitative estimate of drug-likeness (QED) is 0.111. The predicted molar refractivity (Wildman–Crippen MR) is 169 cm³/mol. The van der Waals surface area contributed by atoms with Gasteiger partial charge >= 0.3 is 11.9 Å². The number of ether oxygens (including phenoxy) is 2. The molecule has 0 spiro atoms. The summed E-state index contributed by atoms with van der Waals surface area (Å²) in [5.74, 6) is -1.03. The van der Waals surface area contributed by atoms with Crippen LogP contribution in [0.5, 0.6) is 0 Å². The van der Waals surface area contributed by atoms with Gasteiger partial charge in [-0.25, -0.2) is 9.69 Å². The molecular weight excluding hydrogens is 554 g/mol. The van der Waals surface area contributed by atoms with Gasteiger partial charge in [-0.3, -0.25) is 4.79 Å². The molecule has 0 amide bonds. The molecule has 0 radical (unpaired) electrons. The molecule has 1 atom stereocenters. The first-order valence-electron chi connectivity index (χ1n) is 15.9. The summed E-state index contributed by atoms with van der Waals surface area (Å²) in [6.45, 7) is 3.30. The Hall–Kier alpha value is -1.89. The molecule has 2 heterocycles. The van der Waals surface area contributed by atoms with Gasteiger partial charge in [0.1, 0.15) is 0 Å². The first kappa shape index (κ1) is 33.6. The van der Waals surface area contributed by atoms with Crippen molar-refractivity contribution in [3.63, 3.8) is 0 Å². The van der Waals surface area contributed by atoms with Gasteiger partial charge in [-0.1, -0.05) is 127 Å². The van der Waals surface area contributed by atoms with Crippen molar-refractivity contribution in [1.29, 1.82) is 0 Å². The Labute approximate surface area is 256 Å². The van der Waals surface area contributed by atoms with Crippen LogP contribution in [0.4, 0.5) is 0 Å². The number of unbranched alkanes of at least 4 members (excludes halogenated alkanes) is 14. The number of hydrogen-bond donors (Lipinski definition) is 0. The Morgan fingerprint density at radius 2 is 1.46 bits per heavy atom. The molecular formula is C34H50ClNO4S. The van der Waals surface area contributed by atoms with Gasteiger partial charge in [0, 0.05) is 35.0 Å². The summed E-state index contributed by atoms with van der Waals surface area (Å²) in [6.07, 6.45) is 20.0. The van der Waals surface area contributed by atoms with E-state index in [0.717, 1.165) is 31.2 Å². The molecule has 3 rings (SSSR count). The Morgan fingerprint density at radius 1 is 0.878 bits per heavy atom. The number of rotatable bonds is 20. The first-order valence-corrected chi connectivity index (χ1v) is 17.1. The molecule has 7 heteroatoms. The van der Waals surface area contributed by atoms with Crippen LogP contribution in [-0.2, 0) is 37.8 Å². The van der Waals surface area contributed by atoms with Gasteiger partial charge in [-0.15, -0.1) is 11.3 Å². The number of hydrogen-bond acceptors (Lipinski definition) is 6. The maximum absolute atomic E-state index is 13.5. The van der Waals surface area contributed by atoms with E-state index < -0.39 is 17.7 Å². The third-order valence-corrected chi connectivity index (χ3v) is 9.55. The summed E-state index contributed by atoms with van der Waals surface area (Å²) in [5.41, 5.74) is -0.142. The van der Waals surface area contributed by atoms with Crippen LogP contribution in [0.3, 0.4) is 0 Å². The minimum absolute atomic E-state index is 0.263. The van der Waals surface area contributed by atoms with Gasteiger partial charge in [-0.2, -0.15) is 0 Å². The van der Waals surface area contributed by atoms with E-state index in [4.69, 9.17) is 21.1 Å². The van der Waals surface area contributed by atoms with E-state index in [1.54, 1.807) is 35.6 Å². The van der Waals surface area contributed by atoms with Crippen molar-refractivity contribution < 1.29 is 19.1 Å². The van der Waals surface area contributed by atoms with Crippen molar-refractivity contribution >= 4 is 34.9 Å². The van der Waals surface area contributed by atoms with Gasteiger partial charge in [0.25, 0.3) is 5.72 Å². The fraction of sp³-hybridized carbons (Fsp3) is 0.647. The molecule has 0 bridgehead atoms. The number of esters is 2. The fourth-order valence-corrected chi connectivity index (χ4v) is 6.97. The predicted octanol–water partition coefficient (Wildman–Crippen LogP) is 9.59. The topological polar surface area (TPSA) is 55.8 Å². The summed E-state index contributed by atoms with van der Waals surface area (Å²) in [5, 5.41) is 2.43. The molecule has 0 N–H and O–H groups in total. The second-order valence-electron chi connectivity index (χ2n) is 11.3. The van der Waals surface area contributed by atoms with Gasteiger partial charge in [0.05, 0.1) is 7.11 Å². The van der Waals surface area contributed by atoms with Crippen molar-refractivity contribution in [2.45, 2.75) is 128 Å². The molecule has 1 aromatic carbocycles. The second kappa shape index (κ2) is 18.6. The Morgan fingerprint density at radius 3 is 2.05 bits per heavy atom. The third kappa shape index (κ3) is 10.1. The number of nitrogens with zero attached hydrogens (tertiary/aromatic N) is 1. The van der Waals surface area contributed by atoms with Crippen LogP contribution in [0.25, 0.3) is 0 Å². The average Bonchev–Trinajstić information content (AvgIpc) is 3.46. The van der Waals surface area contributed by atoms with E-state index in [1.807, 2.05) is 4.90 Å². The number of methoxy groups -OCH3 is 1. The summed E-state index contributed by atoms with van der Waals surface area (Å²) < 4.78 is 11.4. The van der Waals surface area contributed by atoms with Crippen molar-refractivity contribution in [2.75, 3.05) is 13.7 Å². The van der Waals surface area contributed by atoms with Gasteiger partial charge in [-0.05, 0) is 35.9 Å². The normalized spacial score (nSPS) is 14.8. The lowest BCUT2D eigenvalue weighted by Gasteiger charge is -2.42. The molecule has 228 valence electrons. The number of carbonyl (C=O) groups is 2. The van der Waals surface area contributed by atoms with Crippen LogP contribution in [0.15, 0.2) is 35.7 Å². The lowest BCUT2D eigenvalue weighted by molar-refractivity contribution is -0.212. The fourth-order valence-electron chi connectivity index (χ4n) is 5.82. The number of carbonyl (C=O) groups excluding carboxylic acids is 2. The van der Waals surface area contributed by atoms with Crippen molar-refractivity contribution in [3.05, 3.63) is 56.7 Å². The van der Waals surface area contributed by atoms with Crippen LogP contribution in [-0.4, -0.2) is 30.5 Å². The Kier molecular flexibility index (Phi) is 15.3. The highest BCUT2D eigenvalue weighted by Gasteiger charge is 2.53.